The van der Waals surface area contributed by atoms with Gasteiger partial charge in [0.1, 0.15) is 11.5 Å². The summed E-state index contributed by atoms with van der Waals surface area (Å²) in [6, 6.07) is 14.7. The number of anilines is 1. The van der Waals surface area contributed by atoms with E-state index in [4.69, 9.17) is 26.1 Å². The van der Waals surface area contributed by atoms with Gasteiger partial charge >= 0.3 is 0 Å². The largest absolute Gasteiger partial charge is 0.495 e. The van der Waals surface area contributed by atoms with Crippen molar-refractivity contribution in [3.8, 4) is 22.8 Å². The van der Waals surface area contributed by atoms with E-state index in [0.717, 1.165) is 5.56 Å². The van der Waals surface area contributed by atoms with Crippen LogP contribution in [-0.4, -0.2) is 34.9 Å². The minimum Gasteiger partial charge on any atom is -0.495 e. The predicted octanol–water partition coefficient (Wildman–Crippen LogP) is 5.04. The minimum atomic E-state index is -0.320. The summed E-state index contributed by atoms with van der Waals surface area (Å²) in [7, 11) is 3.03. The first-order valence-electron chi connectivity index (χ1n) is 9.70. The number of aryl methyl sites for hydroxylation is 1. The van der Waals surface area contributed by atoms with Crippen LogP contribution in [0.1, 0.15) is 17.3 Å². The number of nitrogens with zero attached hydrogens (tertiary/aromatic N) is 3. The zero-order valence-corrected chi connectivity index (χ0v) is 18.1. The lowest BCUT2D eigenvalue weighted by Crippen LogP contribution is -2.14. The third kappa shape index (κ3) is 3.92. The molecule has 0 aliphatic heterocycles. The Hall–Kier alpha value is -3.58. The summed E-state index contributed by atoms with van der Waals surface area (Å²) in [4.78, 5) is 18.1. The summed E-state index contributed by atoms with van der Waals surface area (Å²) in [5.41, 5.74) is 3.14. The Bertz CT molecular complexity index is 1250. The molecule has 0 spiro atoms. The van der Waals surface area contributed by atoms with Crippen LogP contribution in [0.15, 0.2) is 54.7 Å². The third-order valence-corrected chi connectivity index (χ3v) is 5.24. The van der Waals surface area contributed by atoms with Gasteiger partial charge in [0, 0.05) is 18.2 Å². The van der Waals surface area contributed by atoms with Crippen molar-refractivity contribution in [2.75, 3.05) is 19.5 Å². The molecule has 7 nitrogen and oxygen atoms in total. The molecule has 1 N–H and O–H groups in total. The Morgan fingerprint density at radius 2 is 1.84 bits per heavy atom. The third-order valence-electron chi connectivity index (χ3n) is 4.95. The van der Waals surface area contributed by atoms with E-state index in [2.05, 4.69) is 10.4 Å². The van der Waals surface area contributed by atoms with E-state index in [0.29, 0.717) is 51.0 Å². The number of carbonyl (C=O) groups is 1. The van der Waals surface area contributed by atoms with Crippen molar-refractivity contribution in [3.05, 3.63) is 65.3 Å². The zero-order chi connectivity index (χ0) is 22.0. The minimum absolute atomic E-state index is 0.320. The summed E-state index contributed by atoms with van der Waals surface area (Å²) in [6.07, 6.45) is 1.66. The summed E-state index contributed by atoms with van der Waals surface area (Å²) < 4.78 is 12.4. The number of benzene rings is 2. The fourth-order valence-corrected chi connectivity index (χ4v) is 3.61. The Labute approximate surface area is 184 Å². The van der Waals surface area contributed by atoms with E-state index < -0.39 is 0 Å². The van der Waals surface area contributed by atoms with Gasteiger partial charge in [-0.15, -0.1) is 0 Å². The quantitative estimate of drug-likeness (QED) is 0.458. The van der Waals surface area contributed by atoms with E-state index in [1.54, 1.807) is 29.1 Å². The van der Waals surface area contributed by atoms with Crippen LogP contribution in [0, 0.1) is 0 Å². The molecule has 1 amide bonds. The number of aromatic nitrogens is 3. The van der Waals surface area contributed by atoms with Crippen LogP contribution in [0.3, 0.4) is 0 Å². The molecule has 158 valence electrons. The van der Waals surface area contributed by atoms with E-state index in [-0.39, 0.29) is 5.91 Å². The zero-order valence-electron chi connectivity index (χ0n) is 17.3. The van der Waals surface area contributed by atoms with Crippen molar-refractivity contribution < 1.29 is 14.3 Å². The highest BCUT2D eigenvalue weighted by atomic mass is 35.5. The van der Waals surface area contributed by atoms with E-state index in [9.17, 15) is 4.79 Å². The maximum absolute atomic E-state index is 13.3. The van der Waals surface area contributed by atoms with Gasteiger partial charge in [-0.1, -0.05) is 41.9 Å². The topological polar surface area (TPSA) is 78.3 Å². The van der Waals surface area contributed by atoms with Crippen molar-refractivity contribution in [2.24, 2.45) is 0 Å². The van der Waals surface area contributed by atoms with Crippen LogP contribution in [0.4, 0.5) is 5.69 Å². The van der Waals surface area contributed by atoms with Gasteiger partial charge < -0.3 is 14.8 Å². The molecular weight excluding hydrogens is 416 g/mol. The number of hydrogen-bond acceptors (Lipinski definition) is 5. The van der Waals surface area contributed by atoms with Crippen molar-refractivity contribution in [3.63, 3.8) is 0 Å². The van der Waals surface area contributed by atoms with Crippen LogP contribution < -0.4 is 14.8 Å². The van der Waals surface area contributed by atoms with Crippen molar-refractivity contribution in [2.45, 2.75) is 13.5 Å². The van der Waals surface area contributed by atoms with Crippen LogP contribution in [0.25, 0.3) is 22.3 Å². The fourth-order valence-electron chi connectivity index (χ4n) is 3.37. The van der Waals surface area contributed by atoms with Gasteiger partial charge in [-0.3, -0.25) is 4.79 Å². The second kappa shape index (κ2) is 8.65. The molecule has 0 unspecified atom stereocenters. The molecule has 31 heavy (non-hydrogen) atoms. The number of amides is 1. The fraction of sp³-hybridized carbons (Fsp3) is 0.174. The molecule has 0 bridgehead atoms. The number of pyridine rings is 1. The van der Waals surface area contributed by atoms with Gasteiger partial charge in [-0.2, -0.15) is 5.10 Å². The van der Waals surface area contributed by atoms with Gasteiger partial charge in [-0.25, -0.2) is 9.67 Å². The van der Waals surface area contributed by atoms with Crippen LogP contribution in [0.5, 0.6) is 11.5 Å². The first kappa shape index (κ1) is 20.7. The molecule has 4 rings (SSSR count). The standard InChI is InChI=1S/C23H21ClN4O3/c1-4-28-22-16(13-25-28)15(10-18(26-22)14-8-6-5-7-9-14)23(29)27-19-11-17(24)20(30-2)12-21(19)31-3/h5-13H,4H2,1-3H3,(H,27,29). The average Bonchev–Trinajstić information content (AvgIpc) is 3.22. The number of ether oxygens (including phenoxy) is 2. The highest BCUT2D eigenvalue weighted by Crippen LogP contribution is 2.36. The summed E-state index contributed by atoms with van der Waals surface area (Å²) in [6.45, 7) is 2.62. The van der Waals surface area contributed by atoms with Crippen LogP contribution in [0.2, 0.25) is 5.02 Å². The second-order valence-corrected chi connectivity index (χ2v) is 7.17. The van der Waals surface area contributed by atoms with Crippen molar-refractivity contribution in [1.29, 1.82) is 0 Å². The highest BCUT2D eigenvalue weighted by molar-refractivity contribution is 6.32. The average molecular weight is 437 g/mol. The summed E-state index contributed by atoms with van der Waals surface area (Å²) in [5.74, 6) is 0.575. The van der Waals surface area contributed by atoms with Gasteiger partial charge in [0.15, 0.2) is 5.65 Å². The molecule has 2 heterocycles. The number of carbonyl (C=O) groups excluding carboxylic acids is 1. The molecule has 4 aromatic rings. The normalized spacial score (nSPS) is 10.8. The lowest BCUT2D eigenvalue weighted by atomic mass is 10.1. The number of nitrogens with one attached hydrogen (secondary N) is 1. The Morgan fingerprint density at radius 3 is 2.52 bits per heavy atom. The SMILES string of the molecule is CCn1ncc2c(C(=O)Nc3cc(Cl)c(OC)cc3OC)cc(-c3ccccc3)nc21. The molecular formula is C23H21ClN4O3. The molecule has 0 saturated heterocycles. The lowest BCUT2D eigenvalue weighted by molar-refractivity contribution is 0.102. The number of hydrogen-bond donors (Lipinski definition) is 1. The molecule has 2 aromatic heterocycles. The molecule has 0 saturated carbocycles. The van der Waals surface area contributed by atoms with Gasteiger partial charge in [0.25, 0.3) is 5.91 Å². The Kier molecular flexibility index (Phi) is 5.77. The molecule has 2 aromatic carbocycles. The second-order valence-electron chi connectivity index (χ2n) is 6.76. The van der Waals surface area contributed by atoms with Crippen LogP contribution in [-0.2, 0) is 6.54 Å². The van der Waals surface area contributed by atoms with Gasteiger partial charge in [0.2, 0.25) is 0 Å². The maximum atomic E-state index is 13.3. The van der Waals surface area contributed by atoms with Crippen molar-refractivity contribution >= 4 is 34.2 Å². The Morgan fingerprint density at radius 1 is 1.10 bits per heavy atom. The molecule has 0 fully saturated rings. The molecule has 0 aliphatic carbocycles. The molecule has 8 heteroatoms. The predicted molar refractivity (Wildman–Crippen MR) is 121 cm³/mol. The van der Waals surface area contributed by atoms with E-state index in [1.165, 1.54) is 14.2 Å². The number of halogens is 1. The number of rotatable bonds is 6. The summed E-state index contributed by atoms with van der Waals surface area (Å²) in [5, 5.41) is 8.31. The molecule has 0 radical (unpaired) electrons. The highest BCUT2D eigenvalue weighted by Gasteiger charge is 2.19. The maximum Gasteiger partial charge on any atom is 0.256 e. The number of fused-ring (bicyclic) bond motifs is 1. The van der Waals surface area contributed by atoms with Gasteiger partial charge in [0.05, 0.1) is 47.8 Å². The smallest absolute Gasteiger partial charge is 0.256 e. The molecule has 0 aliphatic rings. The lowest BCUT2D eigenvalue weighted by Gasteiger charge is -2.14. The van der Waals surface area contributed by atoms with Crippen LogP contribution >= 0.6 is 11.6 Å². The first-order chi connectivity index (χ1) is 15.0. The van der Waals surface area contributed by atoms with Crippen molar-refractivity contribution in [1.82, 2.24) is 14.8 Å². The number of methoxy groups -OCH3 is 2. The monoisotopic (exact) mass is 436 g/mol. The summed E-state index contributed by atoms with van der Waals surface area (Å²) >= 11 is 6.26. The molecule has 0 atom stereocenters. The van der Waals surface area contributed by atoms with Gasteiger partial charge in [-0.05, 0) is 19.1 Å². The van der Waals surface area contributed by atoms with E-state index in [1.807, 2.05) is 37.3 Å². The van der Waals surface area contributed by atoms with E-state index >= 15 is 0 Å². The first-order valence-corrected chi connectivity index (χ1v) is 10.1. The Balaban J connectivity index is 1.81.